The highest BCUT2D eigenvalue weighted by atomic mass is 32.1. The number of thiophene rings is 1. The lowest BCUT2D eigenvalue weighted by Crippen LogP contribution is -2.50. The van der Waals surface area contributed by atoms with Gasteiger partial charge in [-0.1, -0.05) is 0 Å². The Hall–Kier alpha value is -1.60. The largest absolute Gasteiger partial charge is 0.480 e. The molecule has 0 bridgehead atoms. The Balaban J connectivity index is 1.81. The van der Waals surface area contributed by atoms with Gasteiger partial charge in [0.2, 0.25) is 0 Å². The van der Waals surface area contributed by atoms with E-state index in [2.05, 4.69) is 0 Å². The van der Waals surface area contributed by atoms with Crippen molar-refractivity contribution < 1.29 is 19.8 Å². The third kappa shape index (κ3) is 2.40. The van der Waals surface area contributed by atoms with Crippen molar-refractivity contribution in [1.29, 1.82) is 0 Å². The van der Waals surface area contributed by atoms with Gasteiger partial charge in [-0.05, 0) is 30.4 Å². The van der Waals surface area contributed by atoms with E-state index < -0.39 is 18.1 Å². The molecule has 3 rings (SSSR count). The molecule has 3 atom stereocenters. The zero-order valence-electron chi connectivity index (χ0n) is 11.7. The number of carbonyl (C=O) groups excluding carboxylic acids is 1. The Morgan fingerprint density at radius 3 is 2.86 bits per heavy atom. The number of hydrogen-bond acceptors (Lipinski definition) is 4. The molecule has 0 aromatic carbocycles. The quantitative estimate of drug-likeness (QED) is 0.819. The van der Waals surface area contributed by atoms with E-state index in [0.717, 1.165) is 12.0 Å². The molecule has 114 valence electrons. The Morgan fingerprint density at radius 2 is 2.14 bits per heavy atom. The van der Waals surface area contributed by atoms with Gasteiger partial charge < -0.3 is 20.0 Å². The molecule has 21 heavy (non-hydrogen) atoms. The number of hydrogen-bond donors (Lipinski definition) is 2. The van der Waals surface area contributed by atoms with Crippen molar-refractivity contribution in [3.63, 3.8) is 0 Å². The van der Waals surface area contributed by atoms with E-state index in [4.69, 9.17) is 0 Å². The summed E-state index contributed by atoms with van der Waals surface area (Å²) in [7, 11) is 0. The highest BCUT2D eigenvalue weighted by molar-refractivity contribution is 7.10. The predicted octanol–water partition coefficient (Wildman–Crippen LogP) is 1.31. The second kappa shape index (κ2) is 5.31. The normalized spacial score (nSPS) is 28.6. The van der Waals surface area contributed by atoms with Crippen LogP contribution >= 0.6 is 11.3 Å². The molecular formula is C14H18N2O4S. The van der Waals surface area contributed by atoms with Crippen LogP contribution in [0, 0.1) is 0 Å². The predicted molar refractivity (Wildman–Crippen MR) is 77.3 cm³/mol. The van der Waals surface area contributed by atoms with E-state index in [1.807, 2.05) is 18.4 Å². The number of β-amino-alcohol motifs (C(OH)–C–C–N with tert-alkyl or cyclic N) is 1. The summed E-state index contributed by atoms with van der Waals surface area (Å²) in [5.41, 5.74) is 1.14. The Bertz CT molecular complexity index is 573. The minimum absolute atomic E-state index is 0.0558. The lowest BCUT2D eigenvalue weighted by molar-refractivity contribution is -0.141. The van der Waals surface area contributed by atoms with Gasteiger partial charge in [-0.25, -0.2) is 9.59 Å². The Labute approximate surface area is 126 Å². The highest BCUT2D eigenvalue weighted by Crippen LogP contribution is 2.34. The molecule has 7 heteroatoms. The van der Waals surface area contributed by atoms with Crippen LogP contribution in [0.5, 0.6) is 0 Å². The molecule has 1 unspecified atom stereocenters. The molecule has 2 aliphatic heterocycles. The number of aliphatic hydroxyl groups excluding tert-OH is 1. The van der Waals surface area contributed by atoms with E-state index in [0.29, 0.717) is 6.54 Å². The summed E-state index contributed by atoms with van der Waals surface area (Å²) in [6, 6.07) is 0.754. The lowest BCUT2D eigenvalue weighted by Gasteiger charge is -2.37. The van der Waals surface area contributed by atoms with Gasteiger partial charge in [0, 0.05) is 24.4 Å². The van der Waals surface area contributed by atoms with Crippen molar-refractivity contribution in [3.8, 4) is 0 Å². The first-order chi connectivity index (χ1) is 9.99. The van der Waals surface area contributed by atoms with Crippen molar-refractivity contribution in [2.45, 2.75) is 38.0 Å². The molecule has 1 fully saturated rings. The molecule has 2 amide bonds. The number of carboxylic acids is 1. The summed E-state index contributed by atoms with van der Waals surface area (Å²) < 4.78 is 0. The number of rotatable bonds is 1. The van der Waals surface area contributed by atoms with Crippen LogP contribution < -0.4 is 0 Å². The summed E-state index contributed by atoms with van der Waals surface area (Å²) in [6.07, 6.45) is 0.149. The van der Waals surface area contributed by atoms with Gasteiger partial charge in [0.25, 0.3) is 0 Å². The Kier molecular flexibility index (Phi) is 3.62. The summed E-state index contributed by atoms with van der Waals surface area (Å²) >= 11 is 1.70. The van der Waals surface area contributed by atoms with E-state index in [1.165, 1.54) is 9.78 Å². The SMILES string of the molecule is CC1c2ccsc2CCN1C(=O)N1C[C@H](O)C[C@H]1C(=O)O. The second-order valence-corrected chi connectivity index (χ2v) is 6.60. The third-order valence-corrected chi connectivity index (χ3v) is 5.33. The average molecular weight is 310 g/mol. The van der Waals surface area contributed by atoms with Crippen LogP contribution in [0.1, 0.15) is 29.8 Å². The maximum Gasteiger partial charge on any atom is 0.326 e. The molecular weight excluding hydrogens is 292 g/mol. The fourth-order valence-corrected chi connectivity index (χ4v) is 4.16. The number of urea groups is 1. The van der Waals surface area contributed by atoms with Gasteiger partial charge in [-0.3, -0.25) is 0 Å². The van der Waals surface area contributed by atoms with Gasteiger partial charge in [-0.15, -0.1) is 11.3 Å². The molecule has 0 saturated carbocycles. The van der Waals surface area contributed by atoms with Crippen molar-refractivity contribution in [2.24, 2.45) is 0 Å². The zero-order valence-corrected chi connectivity index (χ0v) is 12.5. The van der Waals surface area contributed by atoms with Crippen LogP contribution in [-0.2, 0) is 11.2 Å². The summed E-state index contributed by atoms with van der Waals surface area (Å²) in [6.45, 7) is 2.65. The second-order valence-electron chi connectivity index (χ2n) is 5.60. The summed E-state index contributed by atoms with van der Waals surface area (Å²) in [5.74, 6) is -1.05. The topological polar surface area (TPSA) is 81.1 Å². The van der Waals surface area contributed by atoms with E-state index >= 15 is 0 Å². The maximum atomic E-state index is 12.7. The van der Waals surface area contributed by atoms with E-state index in [9.17, 15) is 19.8 Å². The fraction of sp³-hybridized carbons (Fsp3) is 0.571. The minimum Gasteiger partial charge on any atom is -0.480 e. The van der Waals surface area contributed by atoms with Gasteiger partial charge >= 0.3 is 12.0 Å². The molecule has 1 aromatic rings. The first-order valence-corrected chi connectivity index (χ1v) is 7.91. The van der Waals surface area contributed by atoms with Crippen molar-refractivity contribution in [3.05, 3.63) is 21.9 Å². The molecule has 1 aromatic heterocycles. The van der Waals surface area contributed by atoms with Crippen molar-refractivity contribution in [2.75, 3.05) is 13.1 Å². The third-order valence-electron chi connectivity index (χ3n) is 4.33. The summed E-state index contributed by atoms with van der Waals surface area (Å²) in [4.78, 5) is 28.2. The monoisotopic (exact) mass is 310 g/mol. The Morgan fingerprint density at radius 1 is 1.38 bits per heavy atom. The average Bonchev–Trinajstić information content (AvgIpc) is 3.05. The standard InChI is InChI=1S/C14H18N2O4S/c1-8-10-3-5-21-12(10)2-4-15(8)14(20)16-7-9(17)6-11(16)13(18)19/h3,5,8-9,11,17H,2,4,6-7H2,1H3,(H,18,19)/t8?,9-,11+/m1/s1. The number of carboxylic acid groups (broad SMARTS) is 1. The first kappa shape index (κ1) is 14.3. The number of aliphatic hydroxyl groups is 1. The number of fused-ring (bicyclic) bond motifs is 1. The molecule has 1 saturated heterocycles. The van der Waals surface area contributed by atoms with Gasteiger partial charge in [-0.2, -0.15) is 0 Å². The highest BCUT2D eigenvalue weighted by Gasteiger charge is 2.42. The summed E-state index contributed by atoms with van der Waals surface area (Å²) in [5, 5.41) is 20.9. The van der Waals surface area contributed by atoms with E-state index in [1.54, 1.807) is 16.2 Å². The molecule has 0 spiro atoms. The van der Waals surface area contributed by atoms with Crippen LogP contribution in [0.4, 0.5) is 4.79 Å². The molecule has 2 aliphatic rings. The minimum atomic E-state index is -1.05. The molecule has 2 N–H and O–H groups in total. The lowest BCUT2D eigenvalue weighted by atomic mass is 10.0. The number of aliphatic carboxylic acids is 1. The number of likely N-dealkylation sites (tertiary alicyclic amines) is 1. The van der Waals surface area contributed by atoms with Crippen LogP contribution in [0.3, 0.4) is 0 Å². The number of amides is 2. The number of carbonyl (C=O) groups is 2. The maximum absolute atomic E-state index is 12.7. The van der Waals surface area contributed by atoms with Gasteiger partial charge in [0.15, 0.2) is 0 Å². The van der Waals surface area contributed by atoms with Crippen LogP contribution in [0.2, 0.25) is 0 Å². The number of nitrogens with zero attached hydrogens (tertiary/aromatic N) is 2. The van der Waals surface area contributed by atoms with Gasteiger partial charge in [0.1, 0.15) is 6.04 Å². The van der Waals surface area contributed by atoms with Gasteiger partial charge in [0.05, 0.1) is 12.1 Å². The fourth-order valence-electron chi connectivity index (χ4n) is 3.20. The van der Waals surface area contributed by atoms with Crippen molar-refractivity contribution in [1.82, 2.24) is 9.80 Å². The molecule has 6 nitrogen and oxygen atoms in total. The van der Waals surface area contributed by atoms with E-state index in [-0.39, 0.29) is 25.0 Å². The van der Waals surface area contributed by atoms with Crippen LogP contribution in [0.25, 0.3) is 0 Å². The van der Waals surface area contributed by atoms with Crippen molar-refractivity contribution >= 4 is 23.3 Å². The van der Waals surface area contributed by atoms with Crippen LogP contribution in [-0.4, -0.2) is 57.2 Å². The molecule has 3 heterocycles. The first-order valence-electron chi connectivity index (χ1n) is 7.03. The molecule has 0 aliphatic carbocycles. The molecule has 0 radical (unpaired) electrons. The zero-order chi connectivity index (χ0) is 15.1. The van der Waals surface area contributed by atoms with Crippen LogP contribution in [0.15, 0.2) is 11.4 Å². The smallest absolute Gasteiger partial charge is 0.326 e.